The summed E-state index contributed by atoms with van der Waals surface area (Å²) < 4.78 is 78.9. The van der Waals surface area contributed by atoms with Gasteiger partial charge in [0, 0.05) is 306 Å². The fraction of sp³-hybridized carbons (Fsp3) is 0.407. The number of benzene rings is 9. The van der Waals surface area contributed by atoms with Gasteiger partial charge in [0.15, 0.2) is 0 Å². The Morgan fingerprint density at radius 1 is 0.372 bits per heavy atom. The predicted octanol–water partition coefficient (Wildman–Crippen LogP) is 22.3. The number of H-pyrrole nitrogens is 1. The van der Waals surface area contributed by atoms with Gasteiger partial charge in [-0.15, -0.1) is 0 Å². The van der Waals surface area contributed by atoms with Crippen molar-refractivity contribution in [3.05, 3.63) is 219 Å². The van der Waals surface area contributed by atoms with Crippen LogP contribution >= 0.6 is 142 Å². The molecule has 0 amide bonds. The third kappa shape index (κ3) is 33.8. The van der Waals surface area contributed by atoms with Crippen molar-refractivity contribution < 1.29 is 66.3 Å². The van der Waals surface area contributed by atoms with E-state index >= 15 is 0 Å². The Morgan fingerprint density at radius 2 is 0.724 bits per heavy atom. The van der Waals surface area contributed by atoms with Crippen LogP contribution in [-0.4, -0.2) is 310 Å². The van der Waals surface area contributed by atoms with Crippen LogP contribution < -0.4 is 46.1 Å². The highest BCUT2D eigenvalue weighted by molar-refractivity contribution is 9.11. The van der Waals surface area contributed by atoms with Crippen LogP contribution in [0.4, 0.5) is 34.1 Å². The van der Waals surface area contributed by atoms with E-state index in [0.29, 0.717) is 105 Å². The Bertz CT molecular complexity index is 5950. The minimum absolute atomic E-state index is 0.0928. The molecule has 9 aromatic carbocycles. The highest BCUT2D eigenvalue weighted by Gasteiger charge is 2.30. The summed E-state index contributed by atoms with van der Waals surface area (Å²) in [4.78, 5) is 52.4. The number of anilines is 6. The molecule has 26 nitrogen and oxygen atoms in total. The Balaban J connectivity index is 0.000000160. The van der Waals surface area contributed by atoms with Gasteiger partial charge in [-0.25, -0.2) is 4.98 Å². The summed E-state index contributed by atoms with van der Waals surface area (Å²) >= 11 is 25.2. The number of rotatable bonds is 49. The molecule has 0 radical (unpaired) electrons. The van der Waals surface area contributed by atoms with E-state index in [0.717, 1.165) is 172 Å². The van der Waals surface area contributed by atoms with E-state index in [-0.39, 0.29) is 29.7 Å². The molecule has 778 valence electrons. The second kappa shape index (κ2) is 60.4. The predicted molar refractivity (Wildman–Crippen MR) is 604 cm³/mol. The molecule has 6 aliphatic heterocycles. The number of hydrogen-bond acceptors (Lipinski definition) is 33. The number of aromatic amines is 1. The number of ether oxygens (including phenoxy) is 14. The summed E-state index contributed by atoms with van der Waals surface area (Å²) in [6.45, 7) is 20.5. The average Bonchev–Trinajstić information content (AvgIpc) is 0.768. The Labute approximate surface area is 913 Å². The average molecular weight is 2320 g/mol. The topological polar surface area (TPSA) is 239 Å². The summed E-state index contributed by atoms with van der Waals surface area (Å²) in [5.74, 6) is 1.42. The largest absolute Gasteiger partial charge is 0.497 e. The molecular weight excluding hydrogens is 2190 g/mol. The van der Waals surface area contributed by atoms with Crippen LogP contribution in [0.3, 0.4) is 0 Å². The summed E-state index contributed by atoms with van der Waals surface area (Å²) in [6.07, 6.45) is 0. The highest BCUT2D eigenvalue weighted by Crippen LogP contribution is 2.57. The van der Waals surface area contributed by atoms with Gasteiger partial charge in [0.05, 0.1) is 135 Å². The van der Waals surface area contributed by atoms with Crippen LogP contribution in [0.2, 0.25) is 0 Å². The third-order valence-corrected chi connectivity index (χ3v) is 37.1. The van der Waals surface area contributed by atoms with Crippen LogP contribution in [0, 0.1) is 0 Å². The molecule has 0 unspecified atom stereocenters. The normalized spacial score (nSPS) is 14.6. The lowest BCUT2D eigenvalue weighted by Crippen LogP contribution is -2.42. The van der Waals surface area contributed by atoms with Gasteiger partial charge in [-0.2, -0.15) is 0 Å². The minimum Gasteiger partial charge on any atom is -0.497 e. The molecule has 2 aromatic heterocycles. The van der Waals surface area contributed by atoms with E-state index in [1.54, 1.807) is 131 Å². The number of methoxy groups -OCH3 is 11. The monoisotopic (exact) mass is 2320 g/mol. The number of pyridine rings is 2. The first kappa shape index (κ1) is 114. The van der Waals surface area contributed by atoms with Crippen molar-refractivity contribution >= 4 is 176 Å². The lowest BCUT2D eigenvalue weighted by Gasteiger charge is -2.29. The van der Waals surface area contributed by atoms with Crippen molar-refractivity contribution in [3.63, 3.8) is 0 Å². The summed E-state index contributed by atoms with van der Waals surface area (Å²) in [6, 6.07) is 68.5. The number of hydrogen-bond donors (Lipinski definition) is 5. The number of nitrogens with one attached hydrogen (secondary N) is 5. The van der Waals surface area contributed by atoms with E-state index in [9.17, 15) is 4.79 Å². The van der Waals surface area contributed by atoms with Gasteiger partial charge in [-0.1, -0.05) is 159 Å². The van der Waals surface area contributed by atoms with Gasteiger partial charge in [-0.05, 0) is 171 Å². The van der Waals surface area contributed by atoms with E-state index in [4.69, 9.17) is 71.3 Å². The maximum atomic E-state index is 12.7. The van der Waals surface area contributed by atoms with Crippen molar-refractivity contribution in [1.82, 2.24) is 24.7 Å². The number of morpholine rings is 2. The summed E-state index contributed by atoms with van der Waals surface area (Å²) in [7, 11) is 19.0. The molecule has 2 fully saturated rings. The van der Waals surface area contributed by atoms with Crippen LogP contribution in [0.25, 0.3) is 22.5 Å². The van der Waals surface area contributed by atoms with E-state index in [1.165, 1.54) is 73.4 Å². The van der Waals surface area contributed by atoms with E-state index in [2.05, 4.69) is 256 Å². The first-order chi connectivity index (χ1) is 71.0. The number of alkyl halides is 1. The SMILES string of the molecule is COCCN(CCOC)C[C@@H](COC)Nc1ccc2c(c1)Sc1cccc(-c3cc(N4CCOCC4)cc(=O)[nH]3)c1S2.COCCN(CCOC)C[C@@H](COC)Nc1ccc2c(c1)Sc1cccc(-c3cc(N4CCOCC4)cc(OCc4ccc(OC)cc4)n3)c1S2.COCCN(CCOC)C[C@@H](COC)Nc1ccc2c(c1)Sc1cccc(Br)c1S2.COC[C@H](CBr)Nc1ccc2c(c1)Sc1cccc(Br)c1S2. The molecule has 0 saturated carbocycles. The maximum Gasteiger partial charge on any atom is 0.250 e. The van der Waals surface area contributed by atoms with Crippen molar-refractivity contribution in [1.29, 1.82) is 0 Å². The molecule has 0 spiro atoms. The Kier molecular flexibility index (Phi) is 47.4. The van der Waals surface area contributed by atoms with Crippen molar-refractivity contribution in [2.24, 2.45) is 0 Å². The smallest absolute Gasteiger partial charge is 0.250 e. The van der Waals surface area contributed by atoms with E-state index < -0.39 is 0 Å². The fourth-order valence-electron chi connectivity index (χ4n) is 16.8. The van der Waals surface area contributed by atoms with Gasteiger partial charge in [0.1, 0.15) is 12.4 Å². The third-order valence-electron chi connectivity index (χ3n) is 24.0. The molecule has 4 atom stereocenters. The van der Waals surface area contributed by atoms with Crippen LogP contribution in [0.15, 0.2) is 286 Å². The summed E-state index contributed by atoms with van der Waals surface area (Å²) in [5, 5.41) is 15.5. The van der Waals surface area contributed by atoms with Crippen molar-refractivity contribution in [2.75, 3.05) is 292 Å². The zero-order valence-electron chi connectivity index (χ0n) is 84.0. The maximum absolute atomic E-state index is 12.7. The highest BCUT2D eigenvalue weighted by atomic mass is 79.9. The number of halogens is 3. The van der Waals surface area contributed by atoms with Crippen LogP contribution in [0.5, 0.6) is 11.6 Å². The van der Waals surface area contributed by atoms with Gasteiger partial charge >= 0.3 is 0 Å². The standard InChI is InChI=1S/C39H48N4O6S2.C31H40N4O5S2.C22H29BrN2O3S2.C16H15Br2NOS2/c1-44-18-14-42(15-19-45-2)25-30(27-46-3)40-29-10-13-35-37(22-29)50-36-7-5-6-33(39(36)51-35)34-23-31(43-16-20-48-21-17-43)24-38(41-34)49-26-28-8-11-32(47-4)12-9-28;1-37-13-9-34(10-14-38-2)20-23(21-39-3)32-22-7-8-27-29(17-22)41-28-6-4-5-25(31(28)42-27)26-18-24(19-30(36)33-26)35-11-15-40-16-12-35;1-26-11-9-25(10-12-27-2)14-17(15-28-3)24-16-7-8-19-21(13-16)29-20-6-4-5-18(23)22(20)30-19;1-20-9-11(8-17)19-10-5-6-13-15(7-10)21-14-4-2-3-12(18)16(14)22-13/h5-13,22-24,30,40H,14-21,25-27H2,1-4H3;4-8,17-19,23,32H,9-16,20-21H2,1-3H3,(H,33,36);4-8,13,17,24H,9-12,14-15H2,1-3H3;2-7,11,19H,8-9H2,1H3/t30-;23-;17-;11-/m0000/s1. The second-order valence-corrected chi connectivity index (χ2v) is 45.5. The van der Waals surface area contributed by atoms with Crippen LogP contribution in [0.1, 0.15) is 5.56 Å². The molecule has 0 bridgehead atoms. The Morgan fingerprint density at radius 3 is 1.10 bits per heavy atom. The molecule has 8 heterocycles. The van der Waals surface area contributed by atoms with Gasteiger partial charge in [0.2, 0.25) is 11.4 Å². The lowest BCUT2D eigenvalue weighted by molar-refractivity contribution is 0.100. The van der Waals surface area contributed by atoms with Crippen molar-refractivity contribution in [3.8, 4) is 34.1 Å². The van der Waals surface area contributed by atoms with Gasteiger partial charge in [0.25, 0.3) is 0 Å². The number of fused-ring (bicyclic) bond motifs is 8. The summed E-state index contributed by atoms with van der Waals surface area (Å²) in [5.41, 5.74) is 11.2. The molecule has 145 heavy (non-hydrogen) atoms. The second-order valence-electron chi connectivity index (χ2n) is 34.6. The quantitative estimate of drug-likeness (QED) is 0.0223. The molecular formula is C108H132Br3N11O15S8. The first-order valence-electron chi connectivity index (χ1n) is 48.2. The first-order valence-corrected chi connectivity index (χ1v) is 57.4. The van der Waals surface area contributed by atoms with Gasteiger partial charge in [-0.3, -0.25) is 19.5 Å². The zero-order valence-corrected chi connectivity index (χ0v) is 95.3. The molecule has 37 heteroatoms. The molecule has 11 aromatic rings. The molecule has 17 rings (SSSR count). The molecule has 0 aliphatic carbocycles. The Hall–Kier alpha value is -6.88. The number of aromatic nitrogens is 2. The van der Waals surface area contributed by atoms with E-state index in [1.807, 2.05) is 77.4 Å². The molecule has 5 N–H and O–H groups in total. The number of nitrogens with zero attached hydrogens (tertiary/aromatic N) is 6. The lowest BCUT2D eigenvalue weighted by atomic mass is 10.1. The van der Waals surface area contributed by atoms with Crippen molar-refractivity contribution in [2.45, 2.75) is 109 Å². The minimum atomic E-state index is -0.0928. The zero-order chi connectivity index (χ0) is 102. The fourth-order valence-corrected chi connectivity index (χ4v) is 28.0. The van der Waals surface area contributed by atoms with Crippen LogP contribution in [-0.2, 0) is 63.4 Å². The molecule has 6 aliphatic rings. The molecule has 2 saturated heterocycles. The van der Waals surface area contributed by atoms with Gasteiger partial charge < -0.3 is 102 Å².